The van der Waals surface area contributed by atoms with Crippen LogP contribution < -0.4 is 5.32 Å². The molecule has 1 aromatic carbocycles. The molecule has 0 radical (unpaired) electrons. The van der Waals surface area contributed by atoms with E-state index in [1.165, 1.54) is 25.7 Å². The van der Waals surface area contributed by atoms with Crippen molar-refractivity contribution in [2.75, 3.05) is 11.9 Å². The lowest BCUT2D eigenvalue weighted by Crippen LogP contribution is -2.14. The molecule has 2 rings (SSSR count). The lowest BCUT2D eigenvalue weighted by Gasteiger charge is -2.13. The number of carbonyl (C=O) groups excluding carboxylic acids is 1. The molecule has 0 spiro atoms. The highest BCUT2D eigenvalue weighted by atomic mass is 16.5. The molecular formula is C15H21NO2. The summed E-state index contributed by atoms with van der Waals surface area (Å²) in [7, 11) is 0. The van der Waals surface area contributed by atoms with Crippen LogP contribution in [0.5, 0.6) is 0 Å². The average molecular weight is 247 g/mol. The number of anilines is 1. The van der Waals surface area contributed by atoms with E-state index in [1.54, 1.807) is 0 Å². The molecule has 0 heterocycles. The number of ether oxygens (including phenoxy) is 1. The lowest BCUT2D eigenvalue weighted by atomic mass is 10.2. The van der Waals surface area contributed by atoms with Gasteiger partial charge in [-0.25, -0.2) is 4.79 Å². The van der Waals surface area contributed by atoms with E-state index >= 15 is 0 Å². The van der Waals surface area contributed by atoms with Gasteiger partial charge in [-0.05, 0) is 43.5 Å². The molecule has 3 heteroatoms. The van der Waals surface area contributed by atoms with E-state index in [0.29, 0.717) is 18.2 Å². The molecule has 1 fully saturated rings. The van der Waals surface area contributed by atoms with Crippen molar-refractivity contribution in [2.24, 2.45) is 0 Å². The van der Waals surface area contributed by atoms with Gasteiger partial charge in [0, 0.05) is 11.7 Å². The van der Waals surface area contributed by atoms with Gasteiger partial charge in [0.2, 0.25) is 0 Å². The zero-order valence-corrected chi connectivity index (χ0v) is 10.9. The standard InChI is InChI=1S/C15H21NO2/c1-2-11-18-15(17)12-7-9-14(10-8-12)16-13-5-3-4-6-13/h7-10,13,16H,2-6,11H2,1H3. The fraction of sp³-hybridized carbons (Fsp3) is 0.533. The van der Waals surface area contributed by atoms with Crippen LogP contribution in [0.4, 0.5) is 5.69 Å². The van der Waals surface area contributed by atoms with Gasteiger partial charge in [-0.1, -0.05) is 19.8 Å². The molecule has 0 saturated heterocycles. The predicted molar refractivity (Wildman–Crippen MR) is 72.9 cm³/mol. The largest absolute Gasteiger partial charge is 0.462 e. The average Bonchev–Trinajstić information content (AvgIpc) is 2.89. The first-order valence-corrected chi connectivity index (χ1v) is 6.83. The molecule has 3 nitrogen and oxygen atoms in total. The fourth-order valence-electron chi connectivity index (χ4n) is 2.29. The highest BCUT2D eigenvalue weighted by Gasteiger charge is 2.14. The van der Waals surface area contributed by atoms with Crippen LogP contribution in [-0.4, -0.2) is 18.6 Å². The monoisotopic (exact) mass is 247 g/mol. The maximum atomic E-state index is 11.6. The van der Waals surface area contributed by atoms with Gasteiger partial charge in [0.1, 0.15) is 0 Å². The van der Waals surface area contributed by atoms with Crippen molar-refractivity contribution in [3.8, 4) is 0 Å². The molecule has 1 N–H and O–H groups in total. The van der Waals surface area contributed by atoms with E-state index in [2.05, 4.69) is 5.32 Å². The Hall–Kier alpha value is -1.51. The third-order valence-electron chi connectivity index (χ3n) is 3.28. The van der Waals surface area contributed by atoms with Crippen LogP contribution in [0.15, 0.2) is 24.3 Å². The molecular weight excluding hydrogens is 226 g/mol. The van der Waals surface area contributed by atoms with Crippen LogP contribution in [0.1, 0.15) is 49.4 Å². The summed E-state index contributed by atoms with van der Waals surface area (Å²) in [6.07, 6.45) is 5.99. The molecule has 0 unspecified atom stereocenters. The lowest BCUT2D eigenvalue weighted by molar-refractivity contribution is 0.0505. The summed E-state index contributed by atoms with van der Waals surface area (Å²) in [4.78, 5) is 11.6. The van der Waals surface area contributed by atoms with Gasteiger partial charge >= 0.3 is 5.97 Å². The molecule has 0 bridgehead atoms. The normalized spacial score (nSPS) is 15.6. The minimum Gasteiger partial charge on any atom is -0.462 e. The molecule has 1 aliphatic carbocycles. The SMILES string of the molecule is CCCOC(=O)c1ccc(NC2CCCC2)cc1. The Morgan fingerprint density at radius 1 is 1.28 bits per heavy atom. The Labute approximate surface area is 109 Å². The first-order chi connectivity index (χ1) is 8.79. The number of benzene rings is 1. The number of esters is 1. The molecule has 1 aromatic rings. The van der Waals surface area contributed by atoms with Gasteiger partial charge in [0.05, 0.1) is 12.2 Å². The minimum atomic E-state index is -0.232. The van der Waals surface area contributed by atoms with Crippen LogP contribution in [0.2, 0.25) is 0 Å². The van der Waals surface area contributed by atoms with Gasteiger partial charge < -0.3 is 10.1 Å². The molecule has 1 aliphatic rings. The Bertz CT molecular complexity index is 380. The van der Waals surface area contributed by atoms with E-state index in [9.17, 15) is 4.79 Å². The summed E-state index contributed by atoms with van der Waals surface area (Å²) in [5.41, 5.74) is 1.72. The zero-order chi connectivity index (χ0) is 12.8. The maximum Gasteiger partial charge on any atom is 0.338 e. The second-order valence-electron chi connectivity index (χ2n) is 4.84. The number of rotatable bonds is 5. The maximum absolute atomic E-state index is 11.6. The van der Waals surface area contributed by atoms with Crippen LogP contribution in [0, 0.1) is 0 Å². The predicted octanol–water partition coefficient (Wildman–Crippen LogP) is 3.61. The van der Waals surface area contributed by atoms with E-state index in [-0.39, 0.29) is 5.97 Å². The summed E-state index contributed by atoms with van der Waals surface area (Å²) < 4.78 is 5.09. The molecule has 0 aromatic heterocycles. The topological polar surface area (TPSA) is 38.3 Å². The Balaban J connectivity index is 1.90. The van der Waals surface area contributed by atoms with Crippen LogP contribution in [0.25, 0.3) is 0 Å². The molecule has 98 valence electrons. The fourth-order valence-corrected chi connectivity index (χ4v) is 2.29. The molecule has 1 saturated carbocycles. The third-order valence-corrected chi connectivity index (χ3v) is 3.28. The molecule has 0 amide bonds. The summed E-state index contributed by atoms with van der Waals surface area (Å²) in [6, 6.07) is 8.18. The number of hydrogen-bond donors (Lipinski definition) is 1. The quantitative estimate of drug-likeness (QED) is 0.808. The van der Waals surface area contributed by atoms with Gasteiger partial charge in [-0.15, -0.1) is 0 Å². The van der Waals surface area contributed by atoms with E-state index < -0.39 is 0 Å². The third kappa shape index (κ3) is 3.49. The molecule has 18 heavy (non-hydrogen) atoms. The molecule has 0 aliphatic heterocycles. The van der Waals surface area contributed by atoms with E-state index in [4.69, 9.17) is 4.74 Å². The van der Waals surface area contributed by atoms with Crippen molar-refractivity contribution >= 4 is 11.7 Å². The first-order valence-electron chi connectivity index (χ1n) is 6.83. The van der Waals surface area contributed by atoms with Crippen LogP contribution in [-0.2, 0) is 4.74 Å². The Kier molecular flexibility index (Phi) is 4.62. The van der Waals surface area contributed by atoms with Gasteiger partial charge in [-0.3, -0.25) is 0 Å². The van der Waals surface area contributed by atoms with Crippen molar-refractivity contribution in [1.29, 1.82) is 0 Å². The summed E-state index contributed by atoms with van der Waals surface area (Å²) in [6.45, 7) is 2.48. The Morgan fingerprint density at radius 3 is 2.56 bits per heavy atom. The smallest absolute Gasteiger partial charge is 0.338 e. The minimum absolute atomic E-state index is 0.232. The summed E-state index contributed by atoms with van der Waals surface area (Å²) in [5, 5.41) is 3.50. The zero-order valence-electron chi connectivity index (χ0n) is 10.9. The van der Waals surface area contributed by atoms with Crippen molar-refractivity contribution in [3.63, 3.8) is 0 Å². The second kappa shape index (κ2) is 6.43. The van der Waals surface area contributed by atoms with Crippen molar-refractivity contribution < 1.29 is 9.53 Å². The van der Waals surface area contributed by atoms with E-state index in [1.807, 2.05) is 31.2 Å². The van der Waals surface area contributed by atoms with Gasteiger partial charge in [-0.2, -0.15) is 0 Å². The highest BCUT2D eigenvalue weighted by Crippen LogP contribution is 2.22. The summed E-state index contributed by atoms with van der Waals surface area (Å²) >= 11 is 0. The van der Waals surface area contributed by atoms with Crippen molar-refractivity contribution in [1.82, 2.24) is 0 Å². The number of carbonyl (C=O) groups is 1. The van der Waals surface area contributed by atoms with Gasteiger partial charge in [0.15, 0.2) is 0 Å². The van der Waals surface area contributed by atoms with Gasteiger partial charge in [0.25, 0.3) is 0 Å². The number of nitrogens with one attached hydrogen (secondary N) is 1. The second-order valence-corrected chi connectivity index (χ2v) is 4.84. The first kappa shape index (κ1) is 12.9. The van der Waals surface area contributed by atoms with Crippen molar-refractivity contribution in [3.05, 3.63) is 29.8 Å². The van der Waals surface area contributed by atoms with Crippen LogP contribution in [0.3, 0.4) is 0 Å². The van der Waals surface area contributed by atoms with Crippen LogP contribution >= 0.6 is 0 Å². The molecule has 0 atom stereocenters. The van der Waals surface area contributed by atoms with E-state index in [0.717, 1.165) is 12.1 Å². The summed E-state index contributed by atoms with van der Waals surface area (Å²) in [5.74, 6) is -0.232. The number of hydrogen-bond acceptors (Lipinski definition) is 3. The Morgan fingerprint density at radius 2 is 1.94 bits per heavy atom. The van der Waals surface area contributed by atoms with Crippen molar-refractivity contribution in [2.45, 2.75) is 45.1 Å². The highest BCUT2D eigenvalue weighted by molar-refractivity contribution is 5.89.